The van der Waals surface area contributed by atoms with Gasteiger partial charge in [-0.15, -0.1) is 11.6 Å². The molecule has 0 radical (unpaired) electrons. The molecule has 1 heterocycles. The third-order valence-electron chi connectivity index (χ3n) is 3.57. The van der Waals surface area contributed by atoms with Crippen molar-refractivity contribution in [2.75, 3.05) is 13.1 Å². The summed E-state index contributed by atoms with van der Waals surface area (Å²) in [7, 11) is 0. The number of hydrogen-bond donors (Lipinski definition) is 0. The fourth-order valence-electron chi connectivity index (χ4n) is 2.44. The highest BCUT2D eigenvalue weighted by Crippen LogP contribution is 2.19. The lowest BCUT2D eigenvalue weighted by atomic mass is 10.3. The molecule has 0 spiro atoms. The predicted molar refractivity (Wildman–Crippen MR) is 81.8 cm³/mol. The quantitative estimate of drug-likeness (QED) is 0.769. The molecule has 1 amide bonds. The molecule has 21 heavy (non-hydrogen) atoms. The molecule has 0 aliphatic heterocycles. The van der Waals surface area contributed by atoms with Crippen molar-refractivity contribution in [2.45, 2.75) is 32.7 Å². The fourth-order valence-corrected chi connectivity index (χ4v) is 2.64. The Morgan fingerprint density at radius 3 is 2.71 bits per heavy atom. The maximum absolute atomic E-state index is 13.4. The summed E-state index contributed by atoms with van der Waals surface area (Å²) < 4.78 is 15.2. The minimum atomic E-state index is -0.320. The molecule has 4 nitrogen and oxygen atoms in total. The van der Waals surface area contributed by atoms with Gasteiger partial charge < -0.3 is 9.47 Å². The summed E-state index contributed by atoms with van der Waals surface area (Å²) in [6.07, 6.45) is 0.355. The number of nitrogens with zero attached hydrogens (tertiary/aromatic N) is 3. The summed E-state index contributed by atoms with van der Waals surface area (Å²) in [6.45, 7) is 5.74. The van der Waals surface area contributed by atoms with Gasteiger partial charge in [-0.05, 0) is 32.0 Å². The van der Waals surface area contributed by atoms with Crippen molar-refractivity contribution in [3.05, 3.63) is 29.8 Å². The van der Waals surface area contributed by atoms with Crippen LogP contribution in [0.25, 0.3) is 11.0 Å². The first kappa shape index (κ1) is 15.8. The van der Waals surface area contributed by atoms with Gasteiger partial charge in [-0.25, -0.2) is 9.37 Å². The van der Waals surface area contributed by atoms with Crippen molar-refractivity contribution < 1.29 is 9.18 Å². The van der Waals surface area contributed by atoms with Crippen molar-refractivity contribution in [3.63, 3.8) is 0 Å². The molecule has 1 aromatic heterocycles. The Labute approximate surface area is 128 Å². The molecule has 0 fully saturated rings. The van der Waals surface area contributed by atoms with Crippen molar-refractivity contribution >= 4 is 28.5 Å². The zero-order valence-corrected chi connectivity index (χ0v) is 13.0. The standard InChI is InChI=1S/C15H19ClFN3O/c1-3-19(4-2)15(21)7-8-20-13-9-11(17)5-6-12(13)18-14(20)10-16/h5-6,9H,3-4,7-8,10H2,1-2H3. The lowest BCUT2D eigenvalue weighted by molar-refractivity contribution is -0.131. The van der Waals surface area contributed by atoms with Gasteiger partial charge in [-0.2, -0.15) is 0 Å². The highest BCUT2D eigenvalue weighted by atomic mass is 35.5. The molecule has 2 aromatic rings. The number of carbonyl (C=O) groups excluding carboxylic acids is 1. The summed E-state index contributed by atoms with van der Waals surface area (Å²) in [6, 6.07) is 4.43. The second-order valence-electron chi connectivity index (χ2n) is 4.76. The lowest BCUT2D eigenvalue weighted by Crippen LogP contribution is -2.31. The third kappa shape index (κ3) is 3.35. The largest absolute Gasteiger partial charge is 0.343 e. The van der Waals surface area contributed by atoms with Crippen molar-refractivity contribution in [1.82, 2.24) is 14.5 Å². The molecule has 6 heteroatoms. The number of benzene rings is 1. The van der Waals surface area contributed by atoms with Crippen molar-refractivity contribution in [1.29, 1.82) is 0 Å². The first-order valence-electron chi connectivity index (χ1n) is 7.09. The molecular weight excluding hydrogens is 293 g/mol. The Kier molecular flexibility index (Phi) is 5.17. The van der Waals surface area contributed by atoms with Crippen LogP contribution in [0.5, 0.6) is 0 Å². The van der Waals surface area contributed by atoms with E-state index >= 15 is 0 Å². The summed E-state index contributed by atoms with van der Waals surface area (Å²) in [5.74, 6) is 0.652. The highest BCUT2D eigenvalue weighted by Gasteiger charge is 2.14. The number of aromatic nitrogens is 2. The molecule has 0 saturated carbocycles. The Balaban J connectivity index is 2.24. The van der Waals surface area contributed by atoms with Crippen LogP contribution in [-0.2, 0) is 17.2 Å². The summed E-state index contributed by atoms with van der Waals surface area (Å²) >= 11 is 5.90. The Morgan fingerprint density at radius 1 is 1.38 bits per heavy atom. The van der Waals surface area contributed by atoms with E-state index in [-0.39, 0.29) is 17.6 Å². The van der Waals surface area contributed by atoms with Gasteiger partial charge in [0.25, 0.3) is 0 Å². The summed E-state index contributed by atoms with van der Waals surface area (Å²) in [5, 5.41) is 0. The van der Waals surface area contributed by atoms with Gasteiger partial charge in [0.05, 0.1) is 16.9 Å². The maximum atomic E-state index is 13.4. The molecule has 2 rings (SSSR count). The second-order valence-corrected chi connectivity index (χ2v) is 5.03. The second kappa shape index (κ2) is 6.89. The molecule has 0 bridgehead atoms. The third-order valence-corrected chi connectivity index (χ3v) is 3.81. The monoisotopic (exact) mass is 311 g/mol. The summed E-state index contributed by atoms with van der Waals surface area (Å²) in [5.41, 5.74) is 1.38. The molecular formula is C15H19ClFN3O. The predicted octanol–water partition coefficient (Wildman–Crippen LogP) is 3.17. The molecule has 0 atom stereocenters. The number of amides is 1. The molecule has 1 aromatic carbocycles. The van der Waals surface area contributed by atoms with Gasteiger partial charge in [0.15, 0.2) is 0 Å². The smallest absolute Gasteiger partial charge is 0.224 e. The van der Waals surface area contributed by atoms with E-state index in [2.05, 4.69) is 4.98 Å². The topological polar surface area (TPSA) is 38.1 Å². The number of rotatable bonds is 6. The molecule has 0 unspecified atom stereocenters. The van der Waals surface area contributed by atoms with Gasteiger partial charge in [0.1, 0.15) is 11.6 Å². The molecule has 0 aliphatic rings. The van der Waals surface area contributed by atoms with Crippen LogP contribution in [0.15, 0.2) is 18.2 Å². The number of halogens is 2. The van der Waals surface area contributed by atoms with Gasteiger partial charge in [0, 0.05) is 26.1 Å². The van der Waals surface area contributed by atoms with Crippen LogP contribution in [0.4, 0.5) is 4.39 Å². The number of hydrogen-bond acceptors (Lipinski definition) is 2. The van der Waals surface area contributed by atoms with Gasteiger partial charge in [-0.1, -0.05) is 0 Å². The molecule has 0 aliphatic carbocycles. The van der Waals surface area contributed by atoms with E-state index in [1.165, 1.54) is 12.1 Å². The van der Waals surface area contributed by atoms with E-state index in [0.29, 0.717) is 42.9 Å². The average molecular weight is 312 g/mol. The number of carbonyl (C=O) groups is 1. The Hall–Kier alpha value is -1.62. The summed E-state index contributed by atoms with van der Waals surface area (Å²) in [4.78, 5) is 18.2. The molecule has 114 valence electrons. The lowest BCUT2D eigenvalue weighted by Gasteiger charge is -2.19. The zero-order valence-electron chi connectivity index (χ0n) is 12.3. The van der Waals surface area contributed by atoms with Crippen LogP contribution < -0.4 is 0 Å². The minimum Gasteiger partial charge on any atom is -0.343 e. The SMILES string of the molecule is CCN(CC)C(=O)CCn1c(CCl)nc2ccc(F)cc21. The van der Waals surface area contributed by atoms with E-state index in [9.17, 15) is 9.18 Å². The Morgan fingerprint density at radius 2 is 2.10 bits per heavy atom. The van der Waals surface area contributed by atoms with Crippen LogP contribution >= 0.6 is 11.6 Å². The molecule has 0 saturated heterocycles. The van der Waals surface area contributed by atoms with Crippen LogP contribution in [0, 0.1) is 5.82 Å². The molecule has 0 N–H and O–H groups in total. The first-order valence-corrected chi connectivity index (χ1v) is 7.62. The van der Waals surface area contributed by atoms with Crippen molar-refractivity contribution in [3.8, 4) is 0 Å². The maximum Gasteiger partial charge on any atom is 0.224 e. The number of fused-ring (bicyclic) bond motifs is 1. The average Bonchev–Trinajstić information content (AvgIpc) is 2.83. The van der Waals surface area contributed by atoms with E-state index in [1.807, 2.05) is 18.4 Å². The number of imidazole rings is 1. The van der Waals surface area contributed by atoms with Crippen LogP contribution in [0.3, 0.4) is 0 Å². The van der Waals surface area contributed by atoms with Crippen LogP contribution in [-0.4, -0.2) is 33.4 Å². The number of alkyl halides is 1. The first-order chi connectivity index (χ1) is 10.1. The zero-order chi connectivity index (χ0) is 15.4. The Bertz CT molecular complexity index is 637. The normalized spacial score (nSPS) is 11.0. The van der Waals surface area contributed by atoms with Crippen LogP contribution in [0.2, 0.25) is 0 Å². The fraction of sp³-hybridized carbons (Fsp3) is 0.467. The minimum absolute atomic E-state index is 0.0822. The van der Waals surface area contributed by atoms with Gasteiger partial charge >= 0.3 is 0 Å². The van der Waals surface area contributed by atoms with E-state index in [4.69, 9.17) is 11.6 Å². The van der Waals surface area contributed by atoms with E-state index in [1.54, 1.807) is 11.0 Å². The van der Waals surface area contributed by atoms with Gasteiger partial charge in [-0.3, -0.25) is 4.79 Å². The number of aryl methyl sites for hydroxylation is 1. The van der Waals surface area contributed by atoms with E-state index < -0.39 is 0 Å². The van der Waals surface area contributed by atoms with E-state index in [0.717, 1.165) is 0 Å². The van der Waals surface area contributed by atoms with Crippen molar-refractivity contribution in [2.24, 2.45) is 0 Å². The highest BCUT2D eigenvalue weighted by molar-refractivity contribution is 6.16. The van der Waals surface area contributed by atoms with Crippen LogP contribution in [0.1, 0.15) is 26.1 Å². The van der Waals surface area contributed by atoms with Gasteiger partial charge in [0.2, 0.25) is 5.91 Å².